The van der Waals surface area contributed by atoms with Crippen LogP contribution in [0.2, 0.25) is 0 Å². The van der Waals surface area contributed by atoms with Gasteiger partial charge in [-0.3, -0.25) is 18.9 Å². The maximum atomic E-state index is 16.0. The first-order valence-corrected chi connectivity index (χ1v) is 23.9. The van der Waals surface area contributed by atoms with E-state index in [1.54, 1.807) is 0 Å². The number of alkyl halides is 7. The third-order valence-electron chi connectivity index (χ3n) is 12.3. The van der Waals surface area contributed by atoms with Crippen LogP contribution < -0.4 is 10.0 Å². The van der Waals surface area contributed by atoms with Crippen molar-refractivity contribution in [3.05, 3.63) is 93.8 Å². The second kappa shape index (κ2) is 16.0. The number of nitrogens with one attached hydrogen (secondary N) is 2. The Balaban J connectivity index is 1.22. The molecule has 2 N–H and O–H groups in total. The molecule has 4 aliphatic carbocycles. The van der Waals surface area contributed by atoms with E-state index in [9.17, 15) is 52.4 Å². The summed E-state index contributed by atoms with van der Waals surface area (Å²) in [6, 6.07) is 5.07. The number of sulfonamides is 1. The van der Waals surface area contributed by atoms with Gasteiger partial charge in [-0.25, -0.2) is 43.8 Å². The third-order valence-corrected chi connectivity index (χ3v) is 17.0. The van der Waals surface area contributed by atoms with Crippen LogP contribution in [0.5, 0.6) is 0 Å². The Labute approximate surface area is 375 Å². The number of fused-ring (bicyclic) bond motifs is 4. The van der Waals surface area contributed by atoms with Gasteiger partial charge < -0.3 is 5.32 Å². The molecule has 4 aliphatic rings. The van der Waals surface area contributed by atoms with E-state index in [2.05, 4.69) is 37.1 Å². The van der Waals surface area contributed by atoms with Crippen LogP contribution in [0.1, 0.15) is 91.8 Å². The molecule has 0 spiro atoms. The van der Waals surface area contributed by atoms with Gasteiger partial charge in [0.1, 0.15) is 46.7 Å². The van der Waals surface area contributed by atoms with Crippen molar-refractivity contribution in [2.45, 2.75) is 111 Å². The van der Waals surface area contributed by atoms with Crippen LogP contribution in [0, 0.1) is 35.2 Å². The van der Waals surface area contributed by atoms with Crippen LogP contribution in [0.4, 0.5) is 49.7 Å². The number of hydrogen-bond donors (Lipinski definition) is 2. The number of hydrogen-bond acceptors (Lipinski definition) is 8. The molecule has 3 aromatic heterocycles. The molecule has 3 atom stereocenters. The molecule has 9 rings (SSSR count). The second-order valence-electron chi connectivity index (χ2n) is 17.7. The molecule has 3 heterocycles. The van der Waals surface area contributed by atoms with E-state index in [0.29, 0.717) is 23.6 Å². The number of amides is 1. The Kier molecular flexibility index (Phi) is 11.0. The predicted octanol–water partition coefficient (Wildman–Crippen LogP) is 7.92. The lowest BCUT2D eigenvalue weighted by molar-refractivity contribution is -0.142. The van der Waals surface area contributed by atoms with Crippen molar-refractivity contribution >= 4 is 42.5 Å². The lowest BCUT2D eigenvalue weighted by atomic mass is 9.93. The van der Waals surface area contributed by atoms with Gasteiger partial charge in [0, 0.05) is 28.7 Å². The number of benzene rings is 2. The van der Waals surface area contributed by atoms with Gasteiger partial charge in [0.2, 0.25) is 15.9 Å². The maximum Gasteiger partial charge on any atom is 0.435 e. The summed E-state index contributed by atoms with van der Waals surface area (Å²) < 4.78 is 202. The Morgan fingerprint density at radius 2 is 1.57 bits per heavy atom. The zero-order chi connectivity index (χ0) is 48.3. The van der Waals surface area contributed by atoms with Gasteiger partial charge >= 0.3 is 6.18 Å². The first kappa shape index (κ1) is 46.4. The van der Waals surface area contributed by atoms with Crippen molar-refractivity contribution in [1.82, 2.24) is 29.9 Å². The highest BCUT2D eigenvalue weighted by Gasteiger charge is 2.68. The van der Waals surface area contributed by atoms with Gasteiger partial charge in [-0.15, -0.1) is 0 Å². The molecule has 5 aromatic rings. The molecule has 3 saturated carbocycles. The number of aromatic nitrogens is 5. The number of rotatable bonds is 14. The van der Waals surface area contributed by atoms with E-state index in [1.807, 2.05) is 0 Å². The fourth-order valence-electron chi connectivity index (χ4n) is 8.70. The summed E-state index contributed by atoms with van der Waals surface area (Å²) in [7, 11) is -7.98. The molecule has 0 radical (unpaired) electrons. The number of carbonyl (C=O) groups is 1. The lowest BCUT2D eigenvalue weighted by Gasteiger charge is -2.23. The van der Waals surface area contributed by atoms with Gasteiger partial charge in [0.05, 0.1) is 33.1 Å². The fourth-order valence-corrected chi connectivity index (χ4v) is 11.8. The number of nitrogens with zero attached hydrogens (tertiary/aromatic N) is 5. The smallest absolute Gasteiger partial charge is 0.346 e. The highest BCUT2D eigenvalue weighted by Crippen LogP contribution is 2.68. The molecule has 2 aromatic carbocycles. The number of carbonyl (C=O) groups excluding carboxylic acids is 1. The largest absolute Gasteiger partial charge is 0.435 e. The van der Waals surface area contributed by atoms with Crippen LogP contribution in [0.25, 0.3) is 22.0 Å². The Morgan fingerprint density at radius 3 is 2.19 bits per heavy atom. The van der Waals surface area contributed by atoms with Crippen molar-refractivity contribution in [3.8, 4) is 23.0 Å². The fraction of sp³-hybridized carbons (Fsp3) is 0.442. The van der Waals surface area contributed by atoms with Gasteiger partial charge in [-0.2, -0.15) is 32.1 Å². The van der Waals surface area contributed by atoms with E-state index in [1.165, 1.54) is 26.0 Å². The maximum absolute atomic E-state index is 16.0. The van der Waals surface area contributed by atoms with Crippen LogP contribution in [0.3, 0.4) is 0 Å². The van der Waals surface area contributed by atoms with Crippen LogP contribution in [-0.4, -0.2) is 69.0 Å². The minimum Gasteiger partial charge on any atom is -0.346 e. The quantitative estimate of drug-likeness (QED) is 0.0840. The van der Waals surface area contributed by atoms with E-state index in [-0.39, 0.29) is 52.0 Å². The average molecular weight is 986 g/mol. The van der Waals surface area contributed by atoms with Gasteiger partial charge in [-0.05, 0) is 106 Å². The molecule has 0 bridgehead atoms. The topological polar surface area (TPSA) is 158 Å². The van der Waals surface area contributed by atoms with Crippen molar-refractivity contribution in [2.75, 3.05) is 4.72 Å². The van der Waals surface area contributed by atoms with E-state index in [4.69, 9.17) is 0 Å². The lowest BCUT2D eigenvalue weighted by Crippen LogP contribution is -2.35. The van der Waals surface area contributed by atoms with Crippen LogP contribution in [-0.2, 0) is 56.3 Å². The molecule has 356 valence electrons. The molecular weight excluding hydrogens is 949 g/mol. The Hall–Kier alpha value is -5.70. The number of anilines is 1. The summed E-state index contributed by atoms with van der Waals surface area (Å²) in [5.74, 6) is -6.20. The molecule has 12 nitrogen and oxygen atoms in total. The third kappa shape index (κ3) is 8.61. The number of pyridine rings is 1. The molecule has 0 aliphatic heterocycles. The van der Waals surface area contributed by atoms with Crippen LogP contribution >= 0.6 is 0 Å². The summed E-state index contributed by atoms with van der Waals surface area (Å²) in [4.78, 5) is 18.7. The van der Waals surface area contributed by atoms with Crippen LogP contribution in [0.15, 0.2) is 42.5 Å². The highest BCUT2D eigenvalue weighted by atomic mass is 32.2. The number of sulfone groups is 1. The van der Waals surface area contributed by atoms with Crippen molar-refractivity contribution in [3.63, 3.8) is 0 Å². The molecule has 0 unspecified atom stereocenters. The monoisotopic (exact) mass is 985 g/mol. The van der Waals surface area contributed by atoms with E-state index < -0.39 is 148 Å². The first-order valence-electron chi connectivity index (χ1n) is 20.8. The summed E-state index contributed by atoms with van der Waals surface area (Å²) in [5, 5.41) is 7.84. The summed E-state index contributed by atoms with van der Waals surface area (Å²) in [6.07, 6.45) is -7.79. The standard InChI is InChI=1S/C43H37F10N7O5S2/c1-41(2,66(62,63)24-4-5-24)12-11-23-3-8-26(27-9-10-30(46)35-37(27)59(18-32(47)48)57-40(35)58-67(64,65)25-6-7-25)36(54-23)31(15-20-13-21(44)16-22(45)14-20)55-33(61)19-60-39-34(38(56-60)43(51,52)53)28-17-29(28)42(39,49)50/h3,8-10,13-14,16,24-25,28-29,31-32H,4-7,15,17-19H2,1-2H3,(H,55,61)(H,57,58)/t28-,29+,31-/m0/s1. The second-order valence-corrected chi connectivity index (χ2v) is 22.4. The summed E-state index contributed by atoms with van der Waals surface area (Å²) in [5.41, 5.74) is -4.87. The van der Waals surface area contributed by atoms with Crippen molar-refractivity contribution in [1.29, 1.82) is 0 Å². The summed E-state index contributed by atoms with van der Waals surface area (Å²) in [6.45, 7) is 0.276. The minimum atomic E-state index is -5.18. The minimum absolute atomic E-state index is 0.152. The SMILES string of the molecule is CC(C)(C#Cc1ccc(-c2ccc(F)c3c(NS(=O)(=O)C4CC4)nn(CC(F)F)c23)c([C@H](Cc2cc(F)cc(F)c2)NC(=O)Cn2nc(C(F)(F)F)c3c2C(F)(F)[C@@H]2C[C@H]32)n1)S(=O)(=O)C1CC1. The predicted molar refractivity (Wildman–Crippen MR) is 220 cm³/mol. The van der Waals surface area contributed by atoms with Crippen molar-refractivity contribution < 1.29 is 65.5 Å². The van der Waals surface area contributed by atoms with Crippen molar-refractivity contribution in [2.24, 2.45) is 5.92 Å². The zero-order valence-electron chi connectivity index (χ0n) is 35.0. The molecule has 1 amide bonds. The number of halogens is 10. The molecule has 24 heteroatoms. The molecule has 0 saturated heterocycles. The summed E-state index contributed by atoms with van der Waals surface area (Å²) >= 11 is 0. The molecule has 3 fully saturated rings. The first-order chi connectivity index (χ1) is 31.3. The van der Waals surface area contributed by atoms with Gasteiger partial charge in [0.15, 0.2) is 21.3 Å². The van der Waals surface area contributed by atoms with E-state index >= 15 is 13.2 Å². The molecule has 67 heavy (non-hydrogen) atoms. The Morgan fingerprint density at radius 1 is 0.910 bits per heavy atom. The average Bonchev–Trinajstić information content (AvgIpc) is 4.11. The molecular formula is C43H37F10N7O5S2. The zero-order valence-corrected chi connectivity index (χ0v) is 36.7. The normalized spacial score (nSPS) is 19.5. The Bertz CT molecular complexity index is 3150. The highest BCUT2D eigenvalue weighted by molar-refractivity contribution is 7.94. The van der Waals surface area contributed by atoms with Gasteiger partial charge in [-0.1, -0.05) is 5.92 Å². The van der Waals surface area contributed by atoms with Gasteiger partial charge in [0.25, 0.3) is 12.3 Å². The van der Waals surface area contributed by atoms with E-state index in [0.717, 1.165) is 24.3 Å².